The third kappa shape index (κ3) is 4.83. The first kappa shape index (κ1) is 19.6. The third-order valence-corrected chi connectivity index (χ3v) is 5.72. The summed E-state index contributed by atoms with van der Waals surface area (Å²) in [5.74, 6) is 0.869. The fourth-order valence-corrected chi connectivity index (χ4v) is 4.11. The molecule has 2 aromatic carbocycles. The normalized spacial score (nSPS) is 13.7. The van der Waals surface area contributed by atoms with Gasteiger partial charge >= 0.3 is 0 Å². The molecule has 0 spiro atoms. The van der Waals surface area contributed by atoms with E-state index in [0.717, 1.165) is 50.4 Å². The lowest BCUT2D eigenvalue weighted by Crippen LogP contribution is -2.40. The molecule has 0 unspecified atom stereocenters. The van der Waals surface area contributed by atoms with Crippen molar-refractivity contribution >= 4 is 18.0 Å². The van der Waals surface area contributed by atoms with Crippen LogP contribution in [0.15, 0.2) is 65.5 Å². The minimum Gasteiger partial charge on any atom is -0.358 e. The number of rotatable bonds is 7. The van der Waals surface area contributed by atoms with Crippen molar-refractivity contribution in [1.29, 1.82) is 0 Å². The molecule has 0 amide bonds. The van der Waals surface area contributed by atoms with Gasteiger partial charge in [0.1, 0.15) is 5.82 Å². The highest BCUT2D eigenvalue weighted by Crippen LogP contribution is 2.20. The maximum Gasteiger partial charge on any atom is 0.258 e. The van der Waals surface area contributed by atoms with Crippen LogP contribution in [0.1, 0.15) is 23.1 Å². The number of H-pyrrole nitrogens is 1. The zero-order valence-electron chi connectivity index (χ0n) is 16.4. The zero-order valence-corrected chi connectivity index (χ0v) is 17.3. The van der Waals surface area contributed by atoms with Crippen molar-refractivity contribution in [2.45, 2.75) is 32.4 Å². The van der Waals surface area contributed by atoms with Gasteiger partial charge in [0.15, 0.2) is 4.77 Å². The van der Waals surface area contributed by atoms with Crippen molar-refractivity contribution in [3.05, 3.63) is 92.5 Å². The van der Waals surface area contributed by atoms with Crippen LogP contribution in [-0.2, 0) is 25.9 Å². The summed E-state index contributed by atoms with van der Waals surface area (Å²) in [4.78, 5) is 17.7. The van der Waals surface area contributed by atoms with Gasteiger partial charge in [-0.05, 0) is 42.6 Å². The van der Waals surface area contributed by atoms with Gasteiger partial charge in [-0.1, -0.05) is 60.7 Å². The number of hydrogen-bond donors (Lipinski definition) is 2. The van der Waals surface area contributed by atoms with Gasteiger partial charge in [0, 0.05) is 19.6 Å². The minimum atomic E-state index is -0.0822. The Balaban J connectivity index is 1.43. The van der Waals surface area contributed by atoms with Gasteiger partial charge in [-0.2, -0.15) is 0 Å². The maximum atomic E-state index is 12.5. The molecule has 150 valence electrons. The minimum absolute atomic E-state index is 0.0822. The predicted molar refractivity (Wildman–Crippen MR) is 120 cm³/mol. The molecule has 6 heteroatoms. The van der Waals surface area contributed by atoms with Gasteiger partial charge in [0.05, 0.1) is 12.2 Å². The summed E-state index contributed by atoms with van der Waals surface area (Å²) in [6.45, 7) is 3.06. The van der Waals surface area contributed by atoms with Crippen LogP contribution in [0, 0.1) is 4.77 Å². The van der Waals surface area contributed by atoms with Gasteiger partial charge in [0.25, 0.3) is 5.56 Å². The number of nitrogens with zero attached hydrogens (tertiary/aromatic N) is 2. The summed E-state index contributed by atoms with van der Waals surface area (Å²) in [5.41, 5.74) is 3.30. The smallest absolute Gasteiger partial charge is 0.258 e. The van der Waals surface area contributed by atoms with Crippen LogP contribution in [-0.4, -0.2) is 27.7 Å². The highest BCUT2D eigenvalue weighted by molar-refractivity contribution is 7.71. The first-order valence-corrected chi connectivity index (χ1v) is 10.5. The summed E-state index contributed by atoms with van der Waals surface area (Å²) >= 11 is 5.45. The molecule has 0 saturated heterocycles. The molecule has 0 atom stereocenters. The van der Waals surface area contributed by atoms with Crippen molar-refractivity contribution in [2.75, 3.05) is 18.5 Å². The van der Waals surface area contributed by atoms with Crippen LogP contribution in [0.4, 0.5) is 5.82 Å². The Morgan fingerprint density at radius 3 is 2.24 bits per heavy atom. The second-order valence-corrected chi connectivity index (χ2v) is 7.84. The molecule has 1 aromatic heterocycles. The fraction of sp³-hybridized carbons (Fsp3) is 0.304. The first-order chi connectivity index (χ1) is 14.2. The molecule has 0 bridgehead atoms. The largest absolute Gasteiger partial charge is 0.358 e. The predicted octanol–water partition coefficient (Wildman–Crippen LogP) is 3.97. The molecule has 0 radical (unpaired) electrons. The Labute approximate surface area is 176 Å². The Morgan fingerprint density at radius 2 is 1.55 bits per heavy atom. The Hall–Kier alpha value is -2.70. The molecule has 2 heterocycles. The van der Waals surface area contributed by atoms with Crippen LogP contribution in [0.25, 0.3) is 0 Å². The second-order valence-electron chi connectivity index (χ2n) is 7.45. The van der Waals surface area contributed by atoms with Gasteiger partial charge in [-0.25, -0.2) is 0 Å². The zero-order chi connectivity index (χ0) is 20.1. The Kier molecular flexibility index (Phi) is 6.22. The van der Waals surface area contributed by atoms with Crippen molar-refractivity contribution in [2.24, 2.45) is 0 Å². The molecule has 3 aromatic rings. The van der Waals surface area contributed by atoms with E-state index >= 15 is 0 Å². The number of nitrogens with one attached hydrogen (secondary N) is 2. The Morgan fingerprint density at radius 1 is 0.897 bits per heavy atom. The number of aromatic nitrogens is 2. The van der Waals surface area contributed by atoms with Crippen LogP contribution in [0.5, 0.6) is 0 Å². The van der Waals surface area contributed by atoms with Crippen molar-refractivity contribution in [1.82, 2.24) is 14.5 Å². The number of aromatic amines is 1. The van der Waals surface area contributed by atoms with Gasteiger partial charge in [-0.15, -0.1) is 0 Å². The average molecular weight is 407 g/mol. The molecular formula is C23H26N4OS. The lowest BCUT2D eigenvalue weighted by atomic mass is 10.1. The van der Waals surface area contributed by atoms with Crippen molar-refractivity contribution in [3.8, 4) is 0 Å². The molecule has 5 nitrogen and oxygen atoms in total. The van der Waals surface area contributed by atoms with E-state index in [2.05, 4.69) is 51.6 Å². The van der Waals surface area contributed by atoms with Crippen LogP contribution in [0.2, 0.25) is 0 Å². The molecule has 1 aliphatic heterocycles. The first-order valence-electron chi connectivity index (χ1n) is 10.1. The third-order valence-electron chi connectivity index (χ3n) is 5.40. The van der Waals surface area contributed by atoms with Crippen LogP contribution in [0.3, 0.4) is 0 Å². The van der Waals surface area contributed by atoms with E-state index in [-0.39, 0.29) is 5.56 Å². The number of fused-ring (bicyclic) bond motifs is 1. The number of aryl methyl sites for hydroxylation is 2. The van der Waals surface area contributed by atoms with Crippen molar-refractivity contribution in [3.63, 3.8) is 0 Å². The van der Waals surface area contributed by atoms with E-state index in [4.69, 9.17) is 12.2 Å². The summed E-state index contributed by atoms with van der Waals surface area (Å²) < 4.78 is 2.51. The fourth-order valence-electron chi connectivity index (χ4n) is 3.84. The molecule has 0 aliphatic carbocycles. The number of hydrogen-bond acceptors (Lipinski definition) is 4. The highest BCUT2D eigenvalue weighted by Gasteiger charge is 2.21. The molecule has 2 N–H and O–H groups in total. The molecule has 4 rings (SSSR count). The topological polar surface area (TPSA) is 53.1 Å². The van der Waals surface area contributed by atoms with Gasteiger partial charge in [-0.3, -0.25) is 14.7 Å². The molecular weight excluding hydrogens is 380 g/mol. The SMILES string of the molecule is O=c1[nH]c(=S)n(CCc2ccccc2)c2c1CN(CCCc1ccccc1)CN2. The second kappa shape index (κ2) is 9.20. The quantitative estimate of drug-likeness (QED) is 0.583. The summed E-state index contributed by atoms with van der Waals surface area (Å²) in [5, 5.41) is 3.45. The number of anilines is 1. The monoisotopic (exact) mass is 406 g/mol. The van der Waals surface area contributed by atoms with Crippen molar-refractivity contribution < 1.29 is 0 Å². The van der Waals surface area contributed by atoms with E-state index in [1.807, 2.05) is 28.8 Å². The molecule has 0 fully saturated rings. The number of benzene rings is 2. The summed E-state index contributed by atoms with van der Waals surface area (Å²) in [7, 11) is 0. The molecule has 29 heavy (non-hydrogen) atoms. The van der Waals surface area contributed by atoms with E-state index in [0.29, 0.717) is 11.3 Å². The highest BCUT2D eigenvalue weighted by atomic mass is 32.1. The van der Waals surface area contributed by atoms with E-state index in [1.165, 1.54) is 11.1 Å². The summed E-state index contributed by atoms with van der Waals surface area (Å²) in [6.07, 6.45) is 2.98. The van der Waals surface area contributed by atoms with Crippen LogP contribution < -0.4 is 10.9 Å². The van der Waals surface area contributed by atoms with E-state index in [9.17, 15) is 4.79 Å². The van der Waals surface area contributed by atoms with Gasteiger partial charge < -0.3 is 9.88 Å². The Bertz CT molecular complexity index is 1060. The lowest BCUT2D eigenvalue weighted by Gasteiger charge is -2.31. The maximum absolute atomic E-state index is 12.5. The van der Waals surface area contributed by atoms with E-state index in [1.54, 1.807) is 0 Å². The van der Waals surface area contributed by atoms with Gasteiger partial charge in [0.2, 0.25) is 0 Å². The molecule has 1 aliphatic rings. The standard InChI is InChI=1S/C23H26N4OS/c28-22-20-16-26(14-7-12-18-8-3-1-4-9-18)17-24-21(20)27(23(29)25-22)15-13-19-10-5-2-6-11-19/h1-6,8-11,24H,7,12-17H2,(H,25,28,29). The summed E-state index contributed by atoms with van der Waals surface area (Å²) in [6, 6.07) is 20.9. The lowest BCUT2D eigenvalue weighted by molar-refractivity contribution is 0.268. The van der Waals surface area contributed by atoms with E-state index < -0.39 is 0 Å². The molecule has 0 saturated carbocycles. The van der Waals surface area contributed by atoms with Crippen LogP contribution >= 0.6 is 12.2 Å². The average Bonchev–Trinajstić information content (AvgIpc) is 2.75.